The number of carbonyl (C=O) groups is 1. The highest BCUT2D eigenvalue weighted by Crippen LogP contribution is 2.27. The molecule has 5 heteroatoms. The van der Waals surface area contributed by atoms with Crippen LogP contribution in [0.25, 0.3) is 0 Å². The molecule has 4 nitrogen and oxygen atoms in total. The zero-order chi connectivity index (χ0) is 13.0. The third-order valence-corrected chi connectivity index (χ3v) is 4.39. The second kappa shape index (κ2) is 6.20. The lowest BCUT2D eigenvalue weighted by Gasteiger charge is -2.38. The summed E-state index contributed by atoms with van der Waals surface area (Å²) in [5, 5.41) is 8.98. The van der Waals surface area contributed by atoms with Crippen molar-refractivity contribution in [2.24, 2.45) is 0 Å². The molecule has 0 radical (unpaired) electrons. The average molecular weight is 266 g/mol. The Kier molecular flexibility index (Phi) is 4.60. The van der Waals surface area contributed by atoms with E-state index in [0.29, 0.717) is 0 Å². The van der Waals surface area contributed by atoms with E-state index in [-0.39, 0.29) is 18.5 Å². The maximum atomic E-state index is 10.9. The van der Waals surface area contributed by atoms with Crippen molar-refractivity contribution in [2.45, 2.75) is 25.4 Å². The maximum absolute atomic E-state index is 10.9. The van der Waals surface area contributed by atoms with Crippen LogP contribution in [-0.2, 0) is 4.79 Å². The van der Waals surface area contributed by atoms with Gasteiger partial charge in [-0.1, -0.05) is 6.07 Å². The number of pyridine rings is 1. The smallest absolute Gasteiger partial charge is 0.304 e. The fourth-order valence-electron chi connectivity index (χ4n) is 2.35. The molecule has 0 bridgehead atoms. The van der Waals surface area contributed by atoms with E-state index in [9.17, 15) is 4.79 Å². The first-order chi connectivity index (χ1) is 8.68. The molecule has 0 aromatic carbocycles. The van der Waals surface area contributed by atoms with Gasteiger partial charge in [0, 0.05) is 36.3 Å². The first-order valence-corrected chi connectivity index (χ1v) is 7.30. The maximum Gasteiger partial charge on any atom is 0.304 e. The summed E-state index contributed by atoms with van der Waals surface area (Å²) in [4.78, 5) is 17.6. The summed E-state index contributed by atoms with van der Waals surface area (Å²) in [6.07, 6.45) is 2.00. The molecule has 2 rings (SSSR count). The molecule has 0 spiro atoms. The first kappa shape index (κ1) is 13.4. The summed E-state index contributed by atoms with van der Waals surface area (Å²) < 4.78 is 0. The van der Waals surface area contributed by atoms with Gasteiger partial charge >= 0.3 is 5.97 Å². The fraction of sp³-hybridized carbons (Fsp3) is 0.538. The fourth-order valence-corrected chi connectivity index (χ4v) is 3.44. The van der Waals surface area contributed by atoms with E-state index in [1.54, 1.807) is 6.20 Å². The largest absolute Gasteiger partial charge is 0.481 e. The van der Waals surface area contributed by atoms with Crippen molar-refractivity contribution in [3.05, 3.63) is 30.1 Å². The van der Waals surface area contributed by atoms with Crippen molar-refractivity contribution in [2.75, 3.05) is 18.1 Å². The molecule has 1 saturated heterocycles. The summed E-state index contributed by atoms with van der Waals surface area (Å²) in [5.74, 6) is 1.23. The number of carboxylic acids is 1. The van der Waals surface area contributed by atoms with E-state index < -0.39 is 5.97 Å². The molecule has 2 heterocycles. The van der Waals surface area contributed by atoms with E-state index in [2.05, 4.69) is 16.8 Å². The van der Waals surface area contributed by atoms with Crippen molar-refractivity contribution < 1.29 is 9.90 Å². The highest BCUT2D eigenvalue weighted by molar-refractivity contribution is 7.99. The first-order valence-electron chi connectivity index (χ1n) is 6.14. The van der Waals surface area contributed by atoms with Crippen LogP contribution in [0, 0.1) is 0 Å². The summed E-state index contributed by atoms with van der Waals surface area (Å²) in [7, 11) is 0. The monoisotopic (exact) mass is 266 g/mol. The van der Waals surface area contributed by atoms with Crippen LogP contribution in [0.1, 0.15) is 25.1 Å². The van der Waals surface area contributed by atoms with E-state index in [1.165, 1.54) is 0 Å². The molecule has 1 aliphatic heterocycles. The van der Waals surface area contributed by atoms with Crippen LogP contribution in [0.15, 0.2) is 24.4 Å². The Morgan fingerprint density at radius 2 is 2.50 bits per heavy atom. The minimum atomic E-state index is -0.722. The van der Waals surface area contributed by atoms with Crippen molar-refractivity contribution in [1.82, 2.24) is 9.88 Å². The van der Waals surface area contributed by atoms with Gasteiger partial charge in [-0.05, 0) is 19.1 Å². The quantitative estimate of drug-likeness (QED) is 0.903. The Morgan fingerprint density at radius 1 is 1.67 bits per heavy atom. The SMILES string of the molecule is CC(c1ccccn1)N1CCSCC1CC(=O)O. The molecular formula is C13H18N2O2S. The van der Waals surface area contributed by atoms with Gasteiger partial charge in [0.1, 0.15) is 0 Å². The zero-order valence-corrected chi connectivity index (χ0v) is 11.3. The second-order valence-corrected chi connectivity index (χ2v) is 5.64. The molecule has 18 heavy (non-hydrogen) atoms. The predicted octanol–water partition coefficient (Wildman–Crippen LogP) is 2.03. The van der Waals surface area contributed by atoms with Crippen LogP contribution < -0.4 is 0 Å². The molecule has 0 saturated carbocycles. The number of nitrogens with zero attached hydrogens (tertiary/aromatic N) is 2. The van der Waals surface area contributed by atoms with Crippen LogP contribution in [0.5, 0.6) is 0 Å². The van der Waals surface area contributed by atoms with Gasteiger partial charge in [-0.2, -0.15) is 11.8 Å². The molecule has 1 fully saturated rings. The summed E-state index contributed by atoms with van der Waals surface area (Å²) in [6, 6.07) is 6.17. The Morgan fingerprint density at radius 3 is 3.17 bits per heavy atom. The summed E-state index contributed by atoms with van der Waals surface area (Å²) in [5.41, 5.74) is 1.01. The lowest BCUT2D eigenvalue weighted by atomic mass is 10.1. The molecule has 2 unspecified atom stereocenters. The van der Waals surface area contributed by atoms with E-state index in [0.717, 1.165) is 23.7 Å². The normalized spacial score (nSPS) is 22.6. The van der Waals surface area contributed by atoms with E-state index in [1.807, 2.05) is 30.0 Å². The number of carboxylic acid groups (broad SMARTS) is 1. The number of aromatic nitrogens is 1. The van der Waals surface area contributed by atoms with Gasteiger partial charge in [-0.15, -0.1) is 0 Å². The van der Waals surface area contributed by atoms with E-state index in [4.69, 9.17) is 5.11 Å². The van der Waals surface area contributed by atoms with Crippen LogP contribution in [-0.4, -0.2) is 45.1 Å². The van der Waals surface area contributed by atoms with Crippen LogP contribution in [0.3, 0.4) is 0 Å². The van der Waals surface area contributed by atoms with Crippen LogP contribution in [0.2, 0.25) is 0 Å². The van der Waals surface area contributed by atoms with Gasteiger partial charge in [0.05, 0.1) is 12.1 Å². The second-order valence-electron chi connectivity index (χ2n) is 4.50. The average Bonchev–Trinajstić information content (AvgIpc) is 2.39. The molecule has 0 aliphatic carbocycles. The minimum Gasteiger partial charge on any atom is -0.481 e. The van der Waals surface area contributed by atoms with Crippen molar-refractivity contribution in [3.8, 4) is 0 Å². The lowest BCUT2D eigenvalue weighted by molar-refractivity contribution is -0.138. The van der Waals surface area contributed by atoms with Gasteiger partial charge in [0.2, 0.25) is 0 Å². The molecule has 98 valence electrons. The van der Waals surface area contributed by atoms with Crippen molar-refractivity contribution in [1.29, 1.82) is 0 Å². The van der Waals surface area contributed by atoms with Gasteiger partial charge in [-0.3, -0.25) is 14.7 Å². The van der Waals surface area contributed by atoms with Gasteiger partial charge in [0.25, 0.3) is 0 Å². The molecule has 0 amide bonds. The van der Waals surface area contributed by atoms with Crippen molar-refractivity contribution >= 4 is 17.7 Å². The van der Waals surface area contributed by atoms with Gasteiger partial charge in [0.15, 0.2) is 0 Å². The number of aliphatic carboxylic acids is 1. The lowest BCUT2D eigenvalue weighted by Crippen LogP contribution is -2.45. The number of thioether (sulfide) groups is 1. The molecule has 1 aromatic rings. The van der Waals surface area contributed by atoms with Gasteiger partial charge < -0.3 is 5.11 Å². The molecule has 1 aliphatic rings. The zero-order valence-electron chi connectivity index (χ0n) is 10.5. The summed E-state index contributed by atoms with van der Waals surface area (Å²) in [6.45, 7) is 3.04. The summed E-state index contributed by atoms with van der Waals surface area (Å²) >= 11 is 1.84. The molecule has 2 atom stereocenters. The van der Waals surface area contributed by atoms with Crippen molar-refractivity contribution in [3.63, 3.8) is 0 Å². The topological polar surface area (TPSA) is 53.4 Å². The Hall–Kier alpha value is -1.07. The van der Waals surface area contributed by atoms with Gasteiger partial charge in [-0.25, -0.2) is 0 Å². The highest BCUT2D eigenvalue weighted by Gasteiger charge is 2.29. The molecule has 1 aromatic heterocycles. The van der Waals surface area contributed by atoms with Crippen LogP contribution >= 0.6 is 11.8 Å². The Balaban J connectivity index is 2.11. The molecular weight excluding hydrogens is 248 g/mol. The predicted molar refractivity (Wildman–Crippen MR) is 72.7 cm³/mol. The number of rotatable bonds is 4. The third-order valence-electron chi connectivity index (χ3n) is 3.30. The Bertz CT molecular complexity index is 399. The van der Waals surface area contributed by atoms with Crippen LogP contribution in [0.4, 0.5) is 0 Å². The number of hydrogen-bond donors (Lipinski definition) is 1. The standard InChI is InChI=1S/C13H18N2O2S/c1-10(12-4-2-3-5-14-12)15-6-7-18-9-11(15)8-13(16)17/h2-5,10-11H,6-9H2,1H3,(H,16,17). The Labute approximate surface area is 111 Å². The minimum absolute atomic E-state index is 0.109. The van der Waals surface area contributed by atoms with E-state index >= 15 is 0 Å². The highest BCUT2D eigenvalue weighted by atomic mass is 32.2. The molecule has 1 N–H and O–H groups in total. The number of hydrogen-bond acceptors (Lipinski definition) is 4. The third kappa shape index (κ3) is 3.23.